The Hall–Kier alpha value is -1.55. The quantitative estimate of drug-likeness (QED) is 0.715. The first kappa shape index (κ1) is 14.5. The van der Waals surface area contributed by atoms with Crippen LogP contribution in [0.25, 0.3) is 0 Å². The van der Waals surface area contributed by atoms with Gasteiger partial charge >= 0.3 is 0 Å². The molecule has 0 radical (unpaired) electrons. The molecule has 0 fully saturated rings. The predicted octanol–water partition coefficient (Wildman–Crippen LogP) is 1.42. The lowest BCUT2D eigenvalue weighted by Crippen LogP contribution is -2.38. The molecule has 1 atom stereocenters. The van der Waals surface area contributed by atoms with E-state index in [0.29, 0.717) is 12.5 Å². The smallest absolute Gasteiger partial charge is 0.224 e. The van der Waals surface area contributed by atoms with Gasteiger partial charge in [0.05, 0.1) is 6.42 Å². The van der Waals surface area contributed by atoms with Crippen LogP contribution in [0.15, 0.2) is 24.3 Å². The Balaban J connectivity index is 2.34. The van der Waals surface area contributed by atoms with Gasteiger partial charge in [0, 0.05) is 12.6 Å². The number of amides is 1. The number of nitrogens with two attached hydrogens (primary N) is 1. The maximum Gasteiger partial charge on any atom is 0.224 e. The van der Waals surface area contributed by atoms with E-state index >= 15 is 0 Å². The Morgan fingerprint density at radius 1 is 1.44 bits per heavy atom. The molecule has 1 amide bonds. The molecule has 4 nitrogen and oxygen atoms in total. The molecule has 1 aromatic rings. The second kappa shape index (κ2) is 7.01. The molecule has 18 heavy (non-hydrogen) atoms. The highest BCUT2D eigenvalue weighted by Gasteiger charge is 2.08. The molecule has 0 aliphatic rings. The zero-order chi connectivity index (χ0) is 13.5. The topological polar surface area (TPSA) is 75.3 Å². The fraction of sp³-hybridized carbons (Fsp3) is 0.500. The van der Waals surface area contributed by atoms with Gasteiger partial charge in [0.15, 0.2) is 0 Å². The molecule has 0 heterocycles. The molecule has 1 unspecified atom stereocenters. The van der Waals surface area contributed by atoms with Gasteiger partial charge in [0.2, 0.25) is 5.91 Å². The van der Waals surface area contributed by atoms with Gasteiger partial charge in [-0.3, -0.25) is 4.79 Å². The number of phenols is 1. The summed E-state index contributed by atoms with van der Waals surface area (Å²) in [6, 6.07) is 6.71. The Kier molecular flexibility index (Phi) is 5.65. The average molecular weight is 250 g/mol. The lowest BCUT2D eigenvalue weighted by molar-refractivity contribution is -0.120. The number of aromatic hydroxyl groups is 1. The summed E-state index contributed by atoms with van der Waals surface area (Å²) in [6.45, 7) is 4.71. The number of hydrogen-bond donors (Lipinski definition) is 3. The van der Waals surface area contributed by atoms with E-state index in [4.69, 9.17) is 5.73 Å². The van der Waals surface area contributed by atoms with Gasteiger partial charge in [-0.2, -0.15) is 0 Å². The van der Waals surface area contributed by atoms with Gasteiger partial charge in [-0.15, -0.1) is 0 Å². The molecular weight excluding hydrogens is 228 g/mol. The van der Waals surface area contributed by atoms with Gasteiger partial charge in [-0.1, -0.05) is 26.0 Å². The highest BCUT2D eigenvalue weighted by Crippen LogP contribution is 2.11. The lowest BCUT2D eigenvalue weighted by atomic mass is 10.0. The third kappa shape index (κ3) is 5.68. The molecule has 0 saturated carbocycles. The first-order chi connectivity index (χ1) is 8.47. The van der Waals surface area contributed by atoms with E-state index in [1.807, 2.05) is 6.07 Å². The van der Waals surface area contributed by atoms with Gasteiger partial charge in [-0.25, -0.2) is 0 Å². The number of rotatable bonds is 6. The van der Waals surface area contributed by atoms with Crippen LogP contribution in [0.4, 0.5) is 0 Å². The molecule has 1 aromatic carbocycles. The molecule has 0 aliphatic heterocycles. The lowest BCUT2D eigenvalue weighted by Gasteiger charge is -2.14. The van der Waals surface area contributed by atoms with Crippen molar-refractivity contribution < 1.29 is 9.90 Å². The maximum atomic E-state index is 11.7. The monoisotopic (exact) mass is 250 g/mol. The van der Waals surface area contributed by atoms with Crippen molar-refractivity contribution in [2.45, 2.75) is 32.7 Å². The van der Waals surface area contributed by atoms with Crippen LogP contribution in [-0.4, -0.2) is 23.6 Å². The fourth-order valence-electron chi connectivity index (χ4n) is 1.85. The van der Waals surface area contributed by atoms with Crippen LogP contribution in [0.5, 0.6) is 5.75 Å². The Labute approximate surface area is 108 Å². The number of benzene rings is 1. The fourth-order valence-corrected chi connectivity index (χ4v) is 1.85. The zero-order valence-electron chi connectivity index (χ0n) is 11.0. The summed E-state index contributed by atoms with van der Waals surface area (Å²) in [5.41, 5.74) is 6.68. The minimum absolute atomic E-state index is 0.00174. The second-order valence-corrected chi connectivity index (χ2v) is 5.04. The summed E-state index contributed by atoms with van der Waals surface area (Å²) in [5, 5.41) is 12.1. The van der Waals surface area contributed by atoms with Crippen molar-refractivity contribution in [2.24, 2.45) is 11.7 Å². The van der Waals surface area contributed by atoms with E-state index in [0.717, 1.165) is 12.0 Å². The van der Waals surface area contributed by atoms with E-state index < -0.39 is 0 Å². The average Bonchev–Trinajstić information content (AvgIpc) is 2.25. The number of carbonyl (C=O) groups is 1. The summed E-state index contributed by atoms with van der Waals surface area (Å²) in [7, 11) is 0. The van der Waals surface area contributed by atoms with Crippen molar-refractivity contribution >= 4 is 5.91 Å². The normalized spacial score (nSPS) is 12.4. The molecule has 0 bridgehead atoms. The van der Waals surface area contributed by atoms with Crippen molar-refractivity contribution in [3.8, 4) is 5.75 Å². The summed E-state index contributed by atoms with van der Waals surface area (Å²) in [6.07, 6.45) is 1.16. The van der Waals surface area contributed by atoms with E-state index in [2.05, 4.69) is 19.2 Å². The summed E-state index contributed by atoms with van der Waals surface area (Å²) in [5.74, 6) is 0.639. The standard InChI is InChI=1S/C14H22N2O2/c1-10(2)6-12(15)9-16-14(18)8-11-4-3-5-13(17)7-11/h3-5,7,10,12,17H,6,8-9,15H2,1-2H3,(H,16,18). The molecule has 4 N–H and O–H groups in total. The number of hydrogen-bond acceptors (Lipinski definition) is 3. The van der Waals surface area contributed by atoms with Crippen LogP contribution in [0.2, 0.25) is 0 Å². The van der Waals surface area contributed by atoms with Crippen molar-refractivity contribution in [1.82, 2.24) is 5.32 Å². The Morgan fingerprint density at radius 2 is 2.17 bits per heavy atom. The molecular formula is C14H22N2O2. The first-order valence-corrected chi connectivity index (χ1v) is 6.27. The van der Waals surface area contributed by atoms with E-state index in [1.165, 1.54) is 0 Å². The maximum absolute atomic E-state index is 11.7. The molecule has 0 aliphatic carbocycles. The molecule has 1 rings (SSSR count). The van der Waals surface area contributed by atoms with Crippen molar-refractivity contribution in [3.05, 3.63) is 29.8 Å². The van der Waals surface area contributed by atoms with Crippen LogP contribution in [0.1, 0.15) is 25.8 Å². The predicted molar refractivity (Wildman–Crippen MR) is 72.3 cm³/mol. The van der Waals surface area contributed by atoms with Crippen molar-refractivity contribution in [3.63, 3.8) is 0 Å². The largest absolute Gasteiger partial charge is 0.508 e. The van der Waals surface area contributed by atoms with Crippen LogP contribution >= 0.6 is 0 Å². The Morgan fingerprint density at radius 3 is 2.78 bits per heavy atom. The molecule has 0 aromatic heterocycles. The van der Waals surface area contributed by atoms with E-state index in [9.17, 15) is 9.90 Å². The number of nitrogens with one attached hydrogen (secondary N) is 1. The third-order valence-electron chi connectivity index (χ3n) is 2.61. The van der Waals surface area contributed by atoms with Gasteiger partial charge < -0.3 is 16.2 Å². The van der Waals surface area contributed by atoms with Crippen LogP contribution < -0.4 is 11.1 Å². The summed E-state index contributed by atoms with van der Waals surface area (Å²) >= 11 is 0. The third-order valence-corrected chi connectivity index (χ3v) is 2.61. The number of carbonyl (C=O) groups excluding carboxylic acids is 1. The molecule has 0 spiro atoms. The SMILES string of the molecule is CC(C)CC(N)CNC(=O)Cc1cccc(O)c1. The minimum Gasteiger partial charge on any atom is -0.508 e. The minimum atomic E-state index is -0.0696. The van der Waals surface area contributed by atoms with Crippen molar-refractivity contribution in [2.75, 3.05) is 6.54 Å². The molecule has 4 heteroatoms. The first-order valence-electron chi connectivity index (χ1n) is 6.27. The zero-order valence-corrected chi connectivity index (χ0v) is 11.0. The summed E-state index contributed by atoms with van der Waals surface area (Å²) in [4.78, 5) is 11.7. The van der Waals surface area contributed by atoms with Crippen molar-refractivity contribution in [1.29, 1.82) is 0 Å². The van der Waals surface area contributed by atoms with Gasteiger partial charge in [0.25, 0.3) is 0 Å². The number of phenolic OH excluding ortho intramolecular Hbond substituents is 1. The highest BCUT2D eigenvalue weighted by molar-refractivity contribution is 5.78. The van der Waals surface area contributed by atoms with Crippen LogP contribution in [0, 0.1) is 5.92 Å². The van der Waals surface area contributed by atoms with E-state index in [-0.39, 0.29) is 24.1 Å². The molecule has 100 valence electrons. The van der Waals surface area contributed by atoms with Gasteiger partial charge in [0.1, 0.15) is 5.75 Å². The second-order valence-electron chi connectivity index (χ2n) is 5.04. The van der Waals surface area contributed by atoms with Crippen LogP contribution in [0.3, 0.4) is 0 Å². The van der Waals surface area contributed by atoms with E-state index in [1.54, 1.807) is 18.2 Å². The Bertz CT molecular complexity index is 391. The molecule has 0 saturated heterocycles. The summed E-state index contributed by atoms with van der Waals surface area (Å²) < 4.78 is 0. The highest BCUT2D eigenvalue weighted by atomic mass is 16.3. The van der Waals surface area contributed by atoms with Crippen LogP contribution in [-0.2, 0) is 11.2 Å². The van der Waals surface area contributed by atoms with Gasteiger partial charge in [-0.05, 0) is 30.0 Å².